The zero-order chi connectivity index (χ0) is 40.9. The number of halogens is 1. The molecule has 4 unspecified atom stereocenters. The maximum Gasteiger partial charge on any atom is 0.251 e. The third-order valence-electron chi connectivity index (χ3n) is 9.46. The van der Waals surface area contributed by atoms with Gasteiger partial charge >= 0.3 is 0 Å². The van der Waals surface area contributed by atoms with E-state index in [0.717, 1.165) is 43.5 Å². The Bertz CT molecular complexity index is 1150. The molecule has 52 heavy (non-hydrogen) atoms. The number of rotatable bonds is 17. The Morgan fingerprint density at radius 1 is 1.08 bits per heavy atom. The van der Waals surface area contributed by atoms with Crippen LogP contribution in [0.1, 0.15) is 115 Å². The van der Waals surface area contributed by atoms with Crippen molar-refractivity contribution in [3.63, 3.8) is 0 Å². The summed E-state index contributed by atoms with van der Waals surface area (Å²) in [5.74, 6) is 4.83. The van der Waals surface area contributed by atoms with Crippen LogP contribution in [0.25, 0.3) is 0 Å². The minimum absolute atomic E-state index is 0.0176. The Balaban J connectivity index is -0.00000244. The first-order chi connectivity index (χ1) is 24.8. The lowest BCUT2D eigenvalue weighted by Crippen LogP contribution is -2.45. The van der Waals surface area contributed by atoms with Crippen LogP contribution in [-0.2, 0) is 9.59 Å². The Labute approximate surface area is 318 Å². The highest BCUT2D eigenvalue weighted by molar-refractivity contribution is 6.01. The second kappa shape index (κ2) is 31.2. The molecule has 6 atom stereocenters. The van der Waals surface area contributed by atoms with Crippen LogP contribution < -0.4 is 11.2 Å². The van der Waals surface area contributed by atoms with Crippen molar-refractivity contribution in [1.29, 1.82) is 0 Å². The fourth-order valence-electron chi connectivity index (χ4n) is 6.40. The predicted molar refractivity (Wildman–Crippen MR) is 224 cm³/mol. The third kappa shape index (κ3) is 18.4. The van der Waals surface area contributed by atoms with Crippen molar-refractivity contribution < 1.29 is 19.1 Å². The molecule has 9 nitrogen and oxygen atoms in total. The molecular weight excluding hydrogens is 655 g/mol. The van der Waals surface area contributed by atoms with E-state index in [9.17, 15) is 19.1 Å². The van der Waals surface area contributed by atoms with Crippen LogP contribution in [0.3, 0.4) is 0 Å². The van der Waals surface area contributed by atoms with Gasteiger partial charge in [-0.15, -0.1) is 0 Å². The van der Waals surface area contributed by atoms with E-state index >= 15 is 0 Å². The fraction of sp³-hybridized carbons (Fsp3) is 0.667. The number of carbonyl (C=O) groups excluding carboxylic acids is 2. The van der Waals surface area contributed by atoms with Crippen LogP contribution in [0, 0.1) is 11.8 Å². The number of aliphatic imine (C=N–C) groups is 1. The first kappa shape index (κ1) is 53.0. The second-order valence-corrected chi connectivity index (χ2v) is 12.7. The zero-order valence-corrected chi connectivity index (χ0v) is 35.1. The Hall–Kier alpha value is -3.37. The smallest absolute Gasteiger partial charge is 0.251 e. The van der Waals surface area contributed by atoms with E-state index in [1.54, 1.807) is 12.2 Å². The van der Waals surface area contributed by atoms with Crippen LogP contribution in [0.2, 0.25) is 0 Å². The molecule has 2 aliphatic rings. The zero-order valence-electron chi connectivity index (χ0n) is 35.1. The third-order valence-corrected chi connectivity index (χ3v) is 9.46. The van der Waals surface area contributed by atoms with Crippen LogP contribution in [0.15, 0.2) is 70.9 Å². The summed E-state index contributed by atoms with van der Waals surface area (Å²) < 4.78 is 9.50. The van der Waals surface area contributed by atoms with Gasteiger partial charge in [0, 0.05) is 50.1 Å². The van der Waals surface area contributed by atoms with Crippen molar-refractivity contribution in [1.82, 2.24) is 15.1 Å². The molecule has 0 aromatic rings. The topological polar surface area (TPSA) is 124 Å². The average molecular weight is 733 g/mol. The molecule has 2 rings (SSSR count). The highest BCUT2D eigenvalue weighted by atomic mass is 19.1. The first-order valence-electron chi connectivity index (χ1n) is 19.2. The lowest BCUT2D eigenvalue weighted by Gasteiger charge is -2.32. The van der Waals surface area contributed by atoms with Gasteiger partial charge in [0.05, 0.1) is 19.4 Å². The van der Waals surface area contributed by atoms with Crippen LogP contribution in [0.4, 0.5) is 4.39 Å². The number of amides is 2. The summed E-state index contributed by atoms with van der Waals surface area (Å²) in [6.07, 6.45) is 16.7. The van der Waals surface area contributed by atoms with Crippen molar-refractivity contribution in [2.24, 2.45) is 27.8 Å². The summed E-state index contributed by atoms with van der Waals surface area (Å²) in [7, 11) is 0.500. The highest BCUT2D eigenvalue weighted by Crippen LogP contribution is 2.34. The van der Waals surface area contributed by atoms with Crippen molar-refractivity contribution in [2.45, 2.75) is 138 Å². The van der Waals surface area contributed by atoms with E-state index in [2.05, 4.69) is 74.0 Å². The number of hydrazone groups is 1. The minimum atomic E-state index is -0.935. The van der Waals surface area contributed by atoms with Crippen molar-refractivity contribution in [2.75, 3.05) is 33.4 Å². The number of nitrogens with zero attached hydrogens (tertiary/aromatic N) is 4. The first-order valence-corrected chi connectivity index (χ1v) is 19.2. The predicted octanol–water partition coefficient (Wildman–Crippen LogP) is 8.23. The van der Waals surface area contributed by atoms with Gasteiger partial charge in [-0.25, -0.2) is 0 Å². The Morgan fingerprint density at radius 2 is 1.65 bits per heavy atom. The largest absolute Gasteiger partial charge is 0.384 e. The molecule has 2 heterocycles. The molecule has 2 saturated heterocycles. The fourth-order valence-corrected chi connectivity index (χ4v) is 6.40. The molecule has 0 spiro atoms. The average Bonchev–Trinajstić information content (AvgIpc) is 3.77. The summed E-state index contributed by atoms with van der Waals surface area (Å²) in [4.78, 5) is 34.8. The lowest BCUT2D eigenvalue weighted by atomic mass is 9.87. The molecule has 0 aromatic carbocycles. The molecular formula is C42H77FN6O3. The van der Waals surface area contributed by atoms with Crippen LogP contribution in [0.5, 0.6) is 0 Å². The quantitative estimate of drug-likeness (QED) is 0.0347. The van der Waals surface area contributed by atoms with Gasteiger partial charge in [-0.05, 0) is 90.2 Å². The van der Waals surface area contributed by atoms with Crippen LogP contribution >= 0.6 is 0 Å². The summed E-state index contributed by atoms with van der Waals surface area (Å²) in [5, 5.41) is 17.2. The normalized spacial score (nSPS) is 19.8. The molecule has 2 fully saturated rings. The van der Waals surface area contributed by atoms with E-state index in [1.807, 2.05) is 72.4 Å². The SMILES string of the molecule is C=C/C(C)=C\C(=C)C(=O)NCC(=O)N1CCC2C1CCN2[C@H](C)CCC[C@](O)(CC)C(/C=C\C)=NCC(C)C(C)/C=C\C.C=NN.CC.CC.CF. The molecule has 300 valence electrons. The van der Waals surface area contributed by atoms with Gasteiger partial charge in [-0.3, -0.25) is 23.9 Å². The maximum absolute atomic E-state index is 13.1. The van der Waals surface area contributed by atoms with E-state index in [-0.39, 0.29) is 24.4 Å². The van der Waals surface area contributed by atoms with Crippen molar-refractivity contribution in [3.05, 3.63) is 60.8 Å². The Kier molecular flexibility index (Phi) is 31.8. The molecule has 0 radical (unpaired) electrons. The number of nitrogens with two attached hydrogens (primary N) is 1. The molecule has 0 aliphatic carbocycles. The van der Waals surface area contributed by atoms with Crippen LogP contribution in [-0.4, -0.2) is 96.2 Å². The number of fused-ring (bicyclic) bond motifs is 1. The standard InChI is InChI=1S/C36H58N4O3.2C2H6.CH3F.CH4N2/c1-10-15-27(6)29(8)24-37-33(16-11-2)36(43,13-4)20-14-17-30(9)39-21-18-32-31(39)19-22-40(32)34(41)25-38-35(42)28(7)23-26(5)12-3;3*1-2;1-3-2/h10-12,15-16,23,27,29-32,43H,3,7,13-14,17-22,24-25H2,1-2,4-6,8-9H3,(H,38,42);2*1-2H3;1H3;1-2H2/b15-10-,16-11-,26-23-,37-33?;;;;/t27?,29?,30-,31?,32?,36-;;;;/m1..../s1. The van der Waals surface area contributed by atoms with Gasteiger partial charge in [0.15, 0.2) is 0 Å². The number of hydrogen-bond acceptors (Lipinski definition) is 7. The molecule has 4 N–H and O–H groups in total. The number of allylic oxidation sites excluding steroid dienone is 5. The van der Waals surface area contributed by atoms with E-state index in [1.165, 1.54) is 0 Å². The summed E-state index contributed by atoms with van der Waals surface area (Å²) >= 11 is 0. The van der Waals surface area contributed by atoms with Gasteiger partial charge in [0.2, 0.25) is 5.91 Å². The monoisotopic (exact) mass is 733 g/mol. The summed E-state index contributed by atoms with van der Waals surface area (Å²) in [6, 6.07) is 0.887. The van der Waals surface area contributed by atoms with Gasteiger partial charge in [0.25, 0.3) is 5.91 Å². The molecule has 2 amide bonds. The lowest BCUT2D eigenvalue weighted by molar-refractivity contribution is -0.132. The van der Waals surface area contributed by atoms with E-state index < -0.39 is 5.60 Å². The van der Waals surface area contributed by atoms with Gasteiger partial charge in [-0.1, -0.05) is 91.5 Å². The molecule has 0 bridgehead atoms. The van der Waals surface area contributed by atoms with E-state index in [0.29, 0.717) is 62.6 Å². The summed E-state index contributed by atoms with van der Waals surface area (Å²) in [6.45, 7) is 35.3. The van der Waals surface area contributed by atoms with Gasteiger partial charge in [-0.2, -0.15) is 5.10 Å². The number of aliphatic hydroxyl groups is 1. The van der Waals surface area contributed by atoms with Crippen molar-refractivity contribution >= 4 is 24.2 Å². The summed E-state index contributed by atoms with van der Waals surface area (Å²) in [5.41, 5.74) is 1.02. The molecule has 0 saturated carbocycles. The van der Waals surface area contributed by atoms with E-state index in [4.69, 9.17) is 4.99 Å². The number of nitrogens with one attached hydrogen (secondary N) is 1. The minimum Gasteiger partial charge on any atom is -0.384 e. The van der Waals surface area contributed by atoms with Gasteiger partial charge < -0.3 is 21.2 Å². The molecule has 10 heteroatoms. The molecule has 0 aromatic heterocycles. The second-order valence-electron chi connectivity index (χ2n) is 12.7. The number of alkyl halides is 1. The Morgan fingerprint density at radius 3 is 2.17 bits per heavy atom. The van der Waals surface area contributed by atoms with Crippen molar-refractivity contribution in [3.8, 4) is 0 Å². The highest BCUT2D eigenvalue weighted by Gasteiger charge is 2.45. The maximum atomic E-state index is 13.1. The number of likely N-dealkylation sites (tertiary alicyclic amines) is 2. The van der Waals surface area contributed by atoms with Gasteiger partial charge in [0.1, 0.15) is 5.60 Å². The molecule has 2 aliphatic heterocycles. The number of hydrogen-bond donors (Lipinski definition) is 3. The number of carbonyl (C=O) groups is 2.